The quantitative estimate of drug-likeness (QED) is 0.369. The summed E-state index contributed by atoms with van der Waals surface area (Å²) in [6.07, 6.45) is 3.38. The van der Waals surface area contributed by atoms with Crippen LogP contribution in [0, 0.1) is 20.8 Å². The Morgan fingerprint density at radius 2 is 1.94 bits per heavy atom. The molecule has 2 aromatic carbocycles. The van der Waals surface area contributed by atoms with Crippen LogP contribution in [-0.4, -0.2) is 20.8 Å². The van der Waals surface area contributed by atoms with Crippen LogP contribution in [0.2, 0.25) is 0 Å². The molecule has 0 saturated carbocycles. The Kier molecular flexibility index (Phi) is 6.41. The number of amides is 1. The summed E-state index contributed by atoms with van der Waals surface area (Å²) in [5.74, 6) is 0.937. The highest BCUT2D eigenvalue weighted by Crippen LogP contribution is 2.23. The third-order valence-corrected chi connectivity index (χ3v) is 5.58. The largest absolute Gasteiger partial charge is 0.488 e. The van der Waals surface area contributed by atoms with E-state index in [1.54, 1.807) is 24.0 Å². The maximum atomic E-state index is 12.8. The highest BCUT2D eigenvalue weighted by Gasteiger charge is 2.21. The van der Waals surface area contributed by atoms with Crippen molar-refractivity contribution in [2.45, 2.75) is 33.9 Å². The van der Waals surface area contributed by atoms with Gasteiger partial charge < -0.3 is 14.6 Å². The van der Waals surface area contributed by atoms with Gasteiger partial charge in [0.05, 0.1) is 24.0 Å². The lowest BCUT2D eigenvalue weighted by Gasteiger charge is -2.10. The van der Waals surface area contributed by atoms with Gasteiger partial charge in [0, 0.05) is 10.7 Å². The first-order chi connectivity index (χ1) is 15.4. The number of ether oxygens (including phenoxy) is 1. The topological polar surface area (TPSA) is 82.2 Å². The lowest BCUT2D eigenvalue weighted by Crippen LogP contribution is -2.15. The summed E-state index contributed by atoms with van der Waals surface area (Å²) < 4.78 is 14.0. The van der Waals surface area contributed by atoms with Gasteiger partial charge in [-0.15, -0.1) is 0 Å². The maximum Gasteiger partial charge on any atom is 0.278 e. The summed E-state index contributed by atoms with van der Waals surface area (Å²) >= 11 is 3.43. The van der Waals surface area contributed by atoms with Crippen LogP contribution in [0.25, 0.3) is 0 Å². The molecule has 0 atom stereocenters. The lowest BCUT2D eigenvalue weighted by atomic mass is 10.1. The van der Waals surface area contributed by atoms with Gasteiger partial charge in [-0.2, -0.15) is 5.10 Å². The van der Waals surface area contributed by atoms with E-state index in [-0.39, 0.29) is 18.2 Å². The molecule has 32 heavy (non-hydrogen) atoms. The monoisotopic (exact) mass is 494 g/mol. The Morgan fingerprint density at radius 3 is 2.69 bits per heavy atom. The highest BCUT2D eigenvalue weighted by molar-refractivity contribution is 9.10. The van der Waals surface area contributed by atoms with Gasteiger partial charge >= 0.3 is 0 Å². The molecule has 0 bridgehead atoms. The Labute approximate surface area is 194 Å². The van der Waals surface area contributed by atoms with Crippen LogP contribution in [0.3, 0.4) is 0 Å². The summed E-state index contributed by atoms with van der Waals surface area (Å²) in [6, 6.07) is 14.0. The first-order valence-corrected chi connectivity index (χ1v) is 10.9. The highest BCUT2D eigenvalue weighted by atomic mass is 79.9. The number of anilines is 1. The molecule has 7 nitrogen and oxygen atoms in total. The number of halogens is 1. The van der Waals surface area contributed by atoms with Crippen LogP contribution in [0.15, 0.2) is 63.9 Å². The molecule has 2 aromatic heterocycles. The predicted octanol–water partition coefficient (Wildman–Crippen LogP) is 5.44. The van der Waals surface area contributed by atoms with Gasteiger partial charge in [0.2, 0.25) is 0 Å². The summed E-state index contributed by atoms with van der Waals surface area (Å²) in [5.41, 5.74) is 4.69. The van der Waals surface area contributed by atoms with Crippen LogP contribution in [0.4, 0.5) is 5.69 Å². The fraction of sp³-hybridized carbons (Fsp3) is 0.208. The summed E-state index contributed by atoms with van der Waals surface area (Å²) in [4.78, 5) is 12.8. The number of aryl methyl sites for hydroxylation is 3. The minimum Gasteiger partial charge on any atom is -0.488 e. The molecule has 0 aliphatic heterocycles. The first kappa shape index (κ1) is 21.8. The van der Waals surface area contributed by atoms with Crippen LogP contribution in [0.5, 0.6) is 5.75 Å². The molecule has 1 amide bonds. The molecular weight excluding hydrogens is 472 g/mol. The number of hydrogen-bond donors (Lipinski definition) is 1. The van der Waals surface area contributed by atoms with Gasteiger partial charge in [0.25, 0.3) is 5.91 Å². The standard InChI is InChI=1S/C24H23BrN4O3/c1-15-4-9-22(16(2)10-15)31-14-21-17(3)32-28-23(21)24(30)27-20-11-26-29(13-20)12-18-5-7-19(25)8-6-18/h4-11,13H,12,14H2,1-3H3,(H,27,30). The van der Waals surface area contributed by atoms with Crippen molar-refractivity contribution in [3.8, 4) is 5.75 Å². The Bertz CT molecular complexity index is 1240. The summed E-state index contributed by atoms with van der Waals surface area (Å²) in [6.45, 7) is 6.57. The molecule has 1 N–H and O–H groups in total. The number of hydrogen-bond acceptors (Lipinski definition) is 5. The van der Waals surface area contributed by atoms with Gasteiger partial charge in [0.1, 0.15) is 18.1 Å². The number of carbonyl (C=O) groups excluding carboxylic acids is 1. The van der Waals surface area contributed by atoms with Crippen LogP contribution in [0.1, 0.15) is 38.5 Å². The van der Waals surface area contributed by atoms with Crippen molar-refractivity contribution in [2.75, 3.05) is 5.32 Å². The molecule has 0 aliphatic rings. The van der Waals surface area contributed by atoms with E-state index in [4.69, 9.17) is 9.26 Å². The van der Waals surface area contributed by atoms with E-state index in [0.29, 0.717) is 23.6 Å². The third-order valence-electron chi connectivity index (χ3n) is 5.05. The van der Waals surface area contributed by atoms with Crippen LogP contribution < -0.4 is 10.1 Å². The zero-order chi connectivity index (χ0) is 22.7. The number of carbonyl (C=O) groups is 1. The number of nitrogens with zero attached hydrogens (tertiary/aromatic N) is 3. The average Bonchev–Trinajstić information content (AvgIpc) is 3.35. The molecule has 0 spiro atoms. The third kappa shape index (κ3) is 5.08. The van der Waals surface area contributed by atoms with Crippen molar-refractivity contribution in [1.29, 1.82) is 0 Å². The molecule has 164 valence electrons. The van der Waals surface area contributed by atoms with Crippen molar-refractivity contribution in [3.05, 3.63) is 93.0 Å². The molecule has 0 saturated heterocycles. The van der Waals surface area contributed by atoms with E-state index < -0.39 is 0 Å². The zero-order valence-electron chi connectivity index (χ0n) is 18.1. The summed E-state index contributed by atoms with van der Waals surface area (Å²) in [7, 11) is 0. The van der Waals surface area contributed by atoms with Crippen molar-refractivity contribution in [3.63, 3.8) is 0 Å². The SMILES string of the molecule is Cc1ccc(OCc2c(C(=O)Nc3cnn(Cc4ccc(Br)cc4)c3)noc2C)c(C)c1. The molecule has 0 fully saturated rings. The molecular formula is C24H23BrN4O3. The second kappa shape index (κ2) is 9.40. The van der Waals surface area contributed by atoms with Crippen LogP contribution >= 0.6 is 15.9 Å². The smallest absolute Gasteiger partial charge is 0.278 e. The Hall–Kier alpha value is -3.39. The van der Waals surface area contributed by atoms with Gasteiger partial charge in [-0.3, -0.25) is 9.48 Å². The van der Waals surface area contributed by atoms with Crippen molar-refractivity contribution in [2.24, 2.45) is 0 Å². The Morgan fingerprint density at radius 1 is 1.16 bits per heavy atom. The molecule has 0 unspecified atom stereocenters. The minimum atomic E-state index is -0.371. The minimum absolute atomic E-state index is 0.185. The second-order valence-corrected chi connectivity index (χ2v) is 8.55. The van der Waals surface area contributed by atoms with Crippen molar-refractivity contribution >= 4 is 27.5 Å². The predicted molar refractivity (Wildman–Crippen MR) is 125 cm³/mol. The molecule has 4 aromatic rings. The van der Waals surface area contributed by atoms with Gasteiger partial charge in [0.15, 0.2) is 5.69 Å². The normalized spacial score (nSPS) is 10.9. The van der Waals surface area contributed by atoms with E-state index >= 15 is 0 Å². The number of aromatic nitrogens is 3. The first-order valence-electron chi connectivity index (χ1n) is 10.1. The van der Waals surface area contributed by atoms with E-state index in [9.17, 15) is 4.79 Å². The number of rotatable bonds is 7. The molecule has 8 heteroatoms. The van der Waals surface area contributed by atoms with Gasteiger partial charge in [-0.05, 0) is 50.1 Å². The van der Waals surface area contributed by atoms with E-state index in [2.05, 4.69) is 37.6 Å². The van der Waals surface area contributed by atoms with E-state index in [0.717, 1.165) is 26.9 Å². The fourth-order valence-corrected chi connectivity index (χ4v) is 3.60. The molecule has 0 aliphatic carbocycles. The average molecular weight is 495 g/mol. The zero-order valence-corrected chi connectivity index (χ0v) is 19.6. The lowest BCUT2D eigenvalue weighted by molar-refractivity contribution is 0.101. The fourth-order valence-electron chi connectivity index (χ4n) is 3.33. The van der Waals surface area contributed by atoms with Gasteiger partial charge in [-0.25, -0.2) is 0 Å². The van der Waals surface area contributed by atoms with Gasteiger partial charge in [-0.1, -0.05) is 50.9 Å². The second-order valence-electron chi connectivity index (χ2n) is 7.63. The Balaban J connectivity index is 1.43. The van der Waals surface area contributed by atoms with E-state index in [1.165, 1.54) is 0 Å². The van der Waals surface area contributed by atoms with Crippen LogP contribution in [-0.2, 0) is 13.2 Å². The molecule has 4 rings (SSSR count). The molecule has 2 heterocycles. The number of nitrogens with one attached hydrogen (secondary N) is 1. The number of benzene rings is 2. The van der Waals surface area contributed by atoms with Crippen molar-refractivity contribution in [1.82, 2.24) is 14.9 Å². The maximum absolute atomic E-state index is 12.8. The van der Waals surface area contributed by atoms with E-state index in [1.807, 2.05) is 50.2 Å². The summed E-state index contributed by atoms with van der Waals surface area (Å²) in [5, 5.41) is 11.1. The van der Waals surface area contributed by atoms with Crippen molar-refractivity contribution < 1.29 is 14.1 Å². The molecule has 0 radical (unpaired) electrons.